The number of ether oxygens (including phenoxy) is 1. The standard InChI is InChI=1S/C19H21FN2O4/c1-10-16(12(3)23)11(2)22-17(10)19(25)26-13(4)18(24)21-9-14-5-7-15(20)8-6-14/h5-8,13,22H,9H2,1-4H3,(H,21,24). The summed E-state index contributed by atoms with van der Waals surface area (Å²) in [6.07, 6.45) is -1.02. The second kappa shape index (κ2) is 7.95. The molecule has 6 nitrogen and oxygen atoms in total. The van der Waals surface area contributed by atoms with E-state index in [2.05, 4.69) is 10.3 Å². The Bertz CT molecular complexity index is 840. The Morgan fingerprint density at radius 3 is 2.35 bits per heavy atom. The third-order valence-corrected chi connectivity index (χ3v) is 4.03. The number of H-pyrrole nitrogens is 1. The highest BCUT2D eigenvalue weighted by Crippen LogP contribution is 2.19. The molecule has 7 heteroatoms. The molecule has 0 aliphatic rings. The number of rotatable bonds is 6. The van der Waals surface area contributed by atoms with Gasteiger partial charge in [-0.1, -0.05) is 12.1 Å². The summed E-state index contributed by atoms with van der Waals surface area (Å²) in [6, 6.07) is 5.71. The summed E-state index contributed by atoms with van der Waals surface area (Å²) in [5.74, 6) is -1.69. The summed E-state index contributed by atoms with van der Waals surface area (Å²) in [5, 5.41) is 2.62. The van der Waals surface area contributed by atoms with Crippen LogP contribution in [0.4, 0.5) is 4.39 Å². The van der Waals surface area contributed by atoms with E-state index in [-0.39, 0.29) is 23.8 Å². The molecule has 0 saturated carbocycles. The summed E-state index contributed by atoms with van der Waals surface area (Å²) in [5.41, 5.74) is 2.41. The van der Waals surface area contributed by atoms with Crippen LogP contribution in [0, 0.1) is 19.7 Å². The van der Waals surface area contributed by atoms with E-state index < -0.39 is 18.0 Å². The Labute approximate surface area is 150 Å². The minimum absolute atomic E-state index is 0.152. The zero-order valence-corrected chi connectivity index (χ0v) is 15.1. The molecule has 1 aromatic carbocycles. The van der Waals surface area contributed by atoms with Crippen molar-refractivity contribution in [3.05, 3.63) is 58.2 Å². The van der Waals surface area contributed by atoms with Gasteiger partial charge < -0.3 is 15.0 Å². The number of halogens is 1. The molecule has 138 valence electrons. The molecule has 1 heterocycles. The molecule has 26 heavy (non-hydrogen) atoms. The fraction of sp³-hybridized carbons (Fsp3) is 0.316. The Hall–Kier alpha value is -2.96. The molecule has 2 aromatic rings. The number of ketones is 1. The number of aryl methyl sites for hydroxylation is 1. The first kappa shape index (κ1) is 19.4. The van der Waals surface area contributed by atoms with Crippen molar-refractivity contribution in [2.75, 3.05) is 0 Å². The number of aromatic nitrogens is 1. The van der Waals surface area contributed by atoms with Gasteiger partial charge in [-0.15, -0.1) is 0 Å². The average molecular weight is 360 g/mol. The van der Waals surface area contributed by atoms with E-state index in [1.54, 1.807) is 26.0 Å². The number of carbonyl (C=O) groups is 3. The molecule has 1 atom stereocenters. The summed E-state index contributed by atoms with van der Waals surface area (Å²) >= 11 is 0. The van der Waals surface area contributed by atoms with Crippen LogP contribution in [0.1, 0.15) is 51.5 Å². The Morgan fingerprint density at radius 2 is 1.81 bits per heavy atom. The van der Waals surface area contributed by atoms with Crippen LogP contribution in [0.2, 0.25) is 0 Å². The predicted octanol–water partition coefficient (Wildman–Crippen LogP) is 2.83. The highest BCUT2D eigenvalue weighted by molar-refractivity contribution is 6.01. The first-order chi connectivity index (χ1) is 12.2. The fourth-order valence-corrected chi connectivity index (χ4v) is 2.69. The van der Waals surface area contributed by atoms with Crippen LogP contribution in [-0.2, 0) is 16.1 Å². The maximum Gasteiger partial charge on any atom is 0.355 e. The Morgan fingerprint density at radius 1 is 1.19 bits per heavy atom. The Kier molecular flexibility index (Phi) is 5.92. The second-order valence-corrected chi connectivity index (χ2v) is 6.07. The number of amides is 1. The van der Waals surface area contributed by atoms with Gasteiger partial charge in [-0.05, 0) is 51.0 Å². The van der Waals surface area contributed by atoms with Crippen molar-refractivity contribution in [3.8, 4) is 0 Å². The maximum absolute atomic E-state index is 12.9. The third-order valence-electron chi connectivity index (χ3n) is 4.03. The fourth-order valence-electron chi connectivity index (χ4n) is 2.69. The monoisotopic (exact) mass is 360 g/mol. The molecule has 0 saturated heterocycles. The SMILES string of the molecule is CC(=O)c1c(C)[nH]c(C(=O)OC(C)C(=O)NCc2ccc(F)cc2)c1C. The van der Waals surface area contributed by atoms with Gasteiger partial charge in [0.05, 0.1) is 0 Å². The zero-order valence-electron chi connectivity index (χ0n) is 15.1. The number of hydrogen-bond donors (Lipinski definition) is 2. The van der Waals surface area contributed by atoms with E-state index in [0.29, 0.717) is 16.8 Å². The number of nitrogens with one attached hydrogen (secondary N) is 2. The topological polar surface area (TPSA) is 88.3 Å². The van der Waals surface area contributed by atoms with Crippen molar-refractivity contribution < 1.29 is 23.5 Å². The predicted molar refractivity (Wildman–Crippen MR) is 93.4 cm³/mol. The smallest absolute Gasteiger partial charge is 0.355 e. The van der Waals surface area contributed by atoms with E-state index in [9.17, 15) is 18.8 Å². The number of aromatic amines is 1. The average Bonchev–Trinajstić information content (AvgIpc) is 2.88. The van der Waals surface area contributed by atoms with Crippen molar-refractivity contribution in [2.45, 2.75) is 40.3 Å². The molecule has 2 N–H and O–H groups in total. The van der Waals surface area contributed by atoms with Gasteiger partial charge in [0.2, 0.25) is 0 Å². The number of hydrogen-bond acceptors (Lipinski definition) is 4. The van der Waals surface area contributed by atoms with Gasteiger partial charge in [-0.3, -0.25) is 9.59 Å². The summed E-state index contributed by atoms with van der Waals surface area (Å²) in [7, 11) is 0. The van der Waals surface area contributed by atoms with Gasteiger partial charge in [-0.25, -0.2) is 9.18 Å². The summed E-state index contributed by atoms with van der Waals surface area (Å²) < 4.78 is 18.0. The lowest BCUT2D eigenvalue weighted by Crippen LogP contribution is -2.35. The largest absolute Gasteiger partial charge is 0.448 e. The minimum atomic E-state index is -1.02. The highest BCUT2D eigenvalue weighted by Gasteiger charge is 2.24. The van der Waals surface area contributed by atoms with Gasteiger partial charge in [0.1, 0.15) is 11.5 Å². The first-order valence-corrected chi connectivity index (χ1v) is 8.14. The van der Waals surface area contributed by atoms with E-state index >= 15 is 0 Å². The van der Waals surface area contributed by atoms with Crippen LogP contribution in [-0.4, -0.2) is 28.7 Å². The van der Waals surface area contributed by atoms with Crippen LogP contribution >= 0.6 is 0 Å². The molecule has 1 unspecified atom stereocenters. The molecule has 0 aliphatic carbocycles. The maximum atomic E-state index is 12.9. The number of Topliss-reactive ketones (excluding diaryl/α,β-unsaturated/α-hetero) is 1. The quantitative estimate of drug-likeness (QED) is 0.612. The van der Waals surface area contributed by atoms with Crippen LogP contribution in [0.3, 0.4) is 0 Å². The molecule has 0 bridgehead atoms. The van der Waals surface area contributed by atoms with E-state index in [4.69, 9.17) is 4.74 Å². The Balaban J connectivity index is 1.98. The van der Waals surface area contributed by atoms with Crippen molar-refractivity contribution in [2.24, 2.45) is 0 Å². The molecular formula is C19H21FN2O4. The molecule has 0 radical (unpaired) electrons. The highest BCUT2D eigenvalue weighted by atomic mass is 19.1. The van der Waals surface area contributed by atoms with Gasteiger partial charge in [0.15, 0.2) is 11.9 Å². The van der Waals surface area contributed by atoms with Crippen LogP contribution in [0.15, 0.2) is 24.3 Å². The lowest BCUT2D eigenvalue weighted by molar-refractivity contribution is -0.129. The molecule has 1 aromatic heterocycles. The normalized spacial score (nSPS) is 11.7. The third kappa shape index (κ3) is 4.36. The van der Waals surface area contributed by atoms with Crippen molar-refractivity contribution in [3.63, 3.8) is 0 Å². The van der Waals surface area contributed by atoms with Gasteiger partial charge in [-0.2, -0.15) is 0 Å². The van der Waals surface area contributed by atoms with Crippen molar-refractivity contribution >= 4 is 17.7 Å². The number of esters is 1. The minimum Gasteiger partial charge on any atom is -0.448 e. The molecule has 2 rings (SSSR count). The van der Waals surface area contributed by atoms with Gasteiger partial charge >= 0.3 is 5.97 Å². The summed E-state index contributed by atoms with van der Waals surface area (Å²) in [4.78, 5) is 38.9. The zero-order chi connectivity index (χ0) is 19.4. The lowest BCUT2D eigenvalue weighted by Gasteiger charge is -2.13. The molecule has 1 amide bonds. The van der Waals surface area contributed by atoms with E-state index in [1.807, 2.05) is 0 Å². The first-order valence-electron chi connectivity index (χ1n) is 8.14. The second-order valence-electron chi connectivity index (χ2n) is 6.07. The van der Waals surface area contributed by atoms with Crippen molar-refractivity contribution in [1.29, 1.82) is 0 Å². The van der Waals surface area contributed by atoms with Crippen molar-refractivity contribution in [1.82, 2.24) is 10.3 Å². The lowest BCUT2D eigenvalue weighted by atomic mass is 10.1. The van der Waals surface area contributed by atoms with Gasteiger partial charge in [0.25, 0.3) is 5.91 Å². The van der Waals surface area contributed by atoms with E-state index in [1.165, 1.54) is 26.0 Å². The molecule has 0 aliphatic heterocycles. The van der Waals surface area contributed by atoms with Crippen LogP contribution in [0.5, 0.6) is 0 Å². The number of benzene rings is 1. The van der Waals surface area contributed by atoms with E-state index in [0.717, 1.165) is 5.56 Å². The molecular weight excluding hydrogens is 339 g/mol. The summed E-state index contributed by atoms with van der Waals surface area (Å²) in [6.45, 7) is 6.41. The number of carbonyl (C=O) groups excluding carboxylic acids is 3. The van der Waals surface area contributed by atoms with Crippen LogP contribution in [0.25, 0.3) is 0 Å². The van der Waals surface area contributed by atoms with Gasteiger partial charge in [0, 0.05) is 17.8 Å². The molecule has 0 fully saturated rings. The molecule has 0 spiro atoms. The van der Waals surface area contributed by atoms with Crippen LogP contribution < -0.4 is 5.32 Å².